The third-order valence-corrected chi connectivity index (χ3v) is 5.34. The van der Waals surface area contributed by atoms with Gasteiger partial charge in [0.25, 0.3) is 0 Å². The maximum atomic E-state index is 13.0. The van der Waals surface area contributed by atoms with Gasteiger partial charge in [-0.2, -0.15) is 13.2 Å². The van der Waals surface area contributed by atoms with E-state index < -0.39 is 17.8 Å². The van der Waals surface area contributed by atoms with Crippen LogP contribution in [0.5, 0.6) is 0 Å². The van der Waals surface area contributed by atoms with Crippen LogP contribution in [0.1, 0.15) is 35.5 Å². The van der Waals surface area contributed by atoms with Crippen LogP contribution in [0.3, 0.4) is 0 Å². The van der Waals surface area contributed by atoms with Crippen LogP contribution < -0.4 is 15.5 Å². The second kappa shape index (κ2) is 8.13. The maximum Gasteiger partial charge on any atom is 0.416 e. The van der Waals surface area contributed by atoms with E-state index in [1.807, 2.05) is 24.9 Å². The molecule has 0 saturated carbocycles. The second-order valence-electron chi connectivity index (χ2n) is 7.73. The number of nitrogens with zero attached hydrogens (tertiary/aromatic N) is 5. The van der Waals surface area contributed by atoms with Crippen LogP contribution in [0, 0.1) is 6.92 Å². The summed E-state index contributed by atoms with van der Waals surface area (Å²) in [7, 11) is 1.83. The van der Waals surface area contributed by atoms with E-state index in [4.69, 9.17) is 0 Å². The molecule has 1 aliphatic heterocycles. The highest BCUT2D eigenvalue weighted by Gasteiger charge is 2.31. The van der Waals surface area contributed by atoms with E-state index in [1.54, 1.807) is 19.2 Å². The maximum absolute atomic E-state index is 13.0. The first-order chi connectivity index (χ1) is 15.1. The van der Waals surface area contributed by atoms with Gasteiger partial charge in [0, 0.05) is 13.1 Å². The second-order valence-corrected chi connectivity index (χ2v) is 7.73. The largest absolute Gasteiger partial charge is 0.416 e. The molecule has 0 radical (unpaired) electrons. The summed E-state index contributed by atoms with van der Waals surface area (Å²) >= 11 is 0. The summed E-state index contributed by atoms with van der Waals surface area (Å²) in [4.78, 5) is 18.1. The fourth-order valence-electron chi connectivity index (χ4n) is 3.57. The Labute approximate surface area is 182 Å². The Morgan fingerprint density at radius 1 is 1.28 bits per heavy atom. The molecule has 32 heavy (non-hydrogen) atoms. The molecular weight excluding hydrogens is 423 g/mol. The molecule has 1 aromatic carbocycles. The fraction of sp³-hybridized carbons (Fsp3) is 0.333. The predicted octanol–water partition coefficient (Wildman–Crippen LogP) is 3.61. The van der Waals surface area contributed by atoms with Crippen molar-refractivity contribution < 1.29 is 18.0 Å². The molecule has 168 valence electrons. The highest BCUT2D eigenvalue weighted by Crippen LogP contribution is 2.33. The number of anilines is 3. The van der Waals surface area contributed by atoms with Crippen molar-refractivity contribution >= 4 is 23.1 Å². The zero-order valence-corrected chi connectivity index (χ0v) is 17.7. The fourth-order valence-corrected chi connectivity index (χ4v) is 3.57. The van der Waals surface area contributed by atoms with Crippen LogP contribution in [0.2, 0.25) is 0 Å². The Balaban J connectivity index is 1.47. The Morgan fingerprint density at radius 3 is 2.81 bits per heavy atom. The van der Waals surface area contributed by atoms with Gasteiger partial charge in [-0.15, -0.1) is 5.10 Å². The van der Waals surface area contributed by atoms with E-state index in [0.29, 0.717) is 35.0 Å². The van der Waals surface area contributed by atoms with Crippen molar-refractivity contribution in [2.45, 2.75) is 32.6 Å². The standard InChI is InChI=1S/C21H22F3N7O/c1-12-20-17(30(3)11-19(32)27-20)8-18(26-12)25-9-16-10-31(29-28-16)13(2)14-5-4-6-15(7-14)21(22,23)24/h4-8,10,13H,9,11H2,1-3H3,(H,25,26)(H,27,32). The van der Waals surface area contributed by atoms with Gasteiger partial charge in [-0.1, -0.05) is 17.3 Å². The molecular formula is C21H22F3N7O. The number of fused-ring (bicyclic) bond motifs is 1. The van der Waals surface area contributed by atoms with Crippen molar-refractivity contribution in [3.05, 3.63) is 59.0 Å². The molecule has 4 rings (SSSR count). The molecule has 1 amide bonds. The number of carbonyl (C=O) groups excluding carboxylic acids is 1. The molecule has 0 spiro atoms. The van der Waals surface area contributed by atoms with Gasteiger partial charge in [0.1, 0.15) is 11.5 Å². The highest BCUT2D eigenvalue weighted by atomic mass is 19.4. The van der Waals surface area contributed by atoms with Crippen molar-refractivity contribution in [3.8, 4) is 0 Å². The van der Waals surface area contributed by atoms with E-state index in [-0.39, 0.29) is 12.5 Å². The normalized spacial score (nSPS) is 14.7. The van der Waals surface area contributed by atoms with Gasteiger partial charge in [-0.05, 0) is 31.5 Å². The van der Waals surface area contributed by atoms with Crippen LogP contribution >= 0.6 is 0 Å². The quantitative estimate of drug-likeness (QED) is 0.624. The van der Waals surface area contributed by atoms with Gasteiger partial charge < -0.3 is 15.5 Å². The number of amides is 1. The number of hydrogen-bond donors (Lipinski definition) is 2. The first-order valence-corrected chi connectivity index (χ1v) is 9.96. The third-order valence-electron chi connectivity index (χ3n) is 5.34. The minimum Gasteiger partial charge on any atom is -0.364 e. The summed E-state index contributed by atoms with van der Waals surface area (Å²) in [6.45, 7) is 4.17. The molecule has 0 fully saturated rings. The molecule has 3 aromatic rings. The minimum absolute atomic E-state index is 0.0860. The number of alkyl halides is 3. The van der Waals surface area contributed by atoms with E-state index >= 15 is 0 Å². The number of carbonyl (C=O) groups is 1. The number of rotatable bonds is 5. The van der Waals surface area contributed by atoms with E-state index in [9.17, 15) is 18.0 Å². The van der Waals surface area contributed by atoms with Crippen molar-refractivity contribution in [1.82, 2.24) is 20.0 Å². The van der Waals surface area contributed by atoms with Gasteiger partial charge >= 0.3 is 6.18 Å². The van der Waals surface area contributed by atoms with Gasteiger partial charge in [-0.25, -0.2) is 9.67 Å². The Hall–Kier alpha value is -3.63. The molecule has 1 aliphatic rings. The highest BCUT2D eigenvalue weighted by molar-refractivity contribution is 6.02. The summed E-state index contributed by atoms with van der Waals surface area (Å²) in [6.07, 6.45) is -2.71. The van der Waals surface area contributed by atoms with Gasteiger partial charge in [0.05, 0.1) is 48.0 Å². The number of pyridine rings is 1. The minimum atomic E-state index is -4.40. The smallest absolute Gasteiger partial charge is 0.364 e. The van der Waals surface area contributed by atoms with E-state index in [0.717, 1.165) is 17.8 Å². The van der Waals surface area contributed by atoms with Gasteiger partial charge in [-0.3, -0.25) is 4.79 Å². The lowest BCUT2D eigenvalue weighted by Crippen LogP contribution is -2.36. The molecule has 0 saturated heterocycles. The van der Waals surface area contributed by atoms with E-state index in [1.165, 1.54) is 10.7 Å². The lowest BCUT2D eigenvalue weighted by Gasteiger charge is -2.28. The summed E-state index contributed by atoms with van der Waals surface area (Å²) in [6, 6.07) is 6.62. The monoisotopic (exact) mass is 445 g/mol. The molecule has 1 atom stereocenters. The SMILES string of the molecule is Cc1nc(NCc2cn(C(C)c3cccc(C(F)(F)F)c3)nn2)cc2c1NC(=O)CN2C. The van der Waals surface area contributed by atoms with Crippen LogP contribution in [0.25, 0.3) is 0 Å². The zero-order valence-electron chi connectivity index (χ0n) is 17.7. The predicted molar refractivity (Wildman–Crippen MR) is 113 cm³/mol. The number of nitrogens with one attached hydrogen (secondary N) is 2. The summed E-state index contributed by atoms with van der Waals surface area (Å²) in [5.74, 6) is 0.529. The lowest BCUT2D eigenvalue weighted by molar-refractivity contribution is -0.137. The molecule has 1 unspecified atom stereocenters. The first kappa shape index (κ1) is 21.6. The van der Waals surface area contributed by atoms with Gasteiger partial charge in [0.15, 0.2) is 0 Å². The number of aryl methyl sites for hydroxylation is 1. The topological polar surface area (TPSA) is 88.0 Å². The van der Waals surface area contributed by atoms with Crippen molar-refractivity contribution in [2.75, 3.05) is 29.1 Å². The number of benzene rings is 1. The first-order valence-electron chi connectivity index (χ1n) is 9.96. The Bertz CT molecular complexity index is 1160. The molecule has 2 aromatic heterocycles. The van der Waals surface area contributed by atoms with Crippen LogP contribution in [0.4, 0.5) is 30.4 Å². The molecule has 8 nitrogen and oxygen atoms in total. The summed E-state index contributed by atoms with van der Waals surface area (Å²) < 4.78 is 40.5. The number of aromatic nitrogens is 4. The summed E-state index contributed by atoms with van der Waals surface area (Å²) in [5, 5.41) is 14.2. The van der Waals surface area contributed by atoms with Crippen molar-refractivity contribution in [3.63, 3.8) is 0 Å². The van der Waals surface area contributed by atoms with E-state index in [2.05, 4.69) is 25.9 Å². The van der Waals surface area contributed by atoms with Gasteiger partial charge in [0.2, 0.25) is 5.91 Å². The average molecular weight is 445 g/mol. The molecule has 0 bridgehead atoms. The number of likely N-dealkylation sites (N-methyl/N-ethyl adjacent to an activating group) is 1. The zero-order chi connectivity index (χ0) is 23.0. The number of hydrogen-bond acceptors (Lipinski definition) is 6. The van der Waals surface area contributed by atoms with Crippen molar-refractivity contribution in [2.24, 2.45) is 0 Å². The molecule has 11 heteroatoms. The van der Waals surface area contributed by atoms with Crippen LogP contribution in [0.15, 0.2) is 36.5 Å². The van der Waals surface area contributed by atoms with Crippen LogP contribution in [-0.2, 0) is 17.5 Å². The third kappa shape index (κ3) is 4.36. The Kier molecular flexibility index (Phi) is 5.49. The number of halogens is 3. The Morgan fingerprint density at radius 2 is 2.06 bits per heavy atom. The molecule has 3 heterocycles. The molecule has 2 N–H and O–H groups in total. The van der Waals surface area contributed by atoms with Crippen molar-refractivity contribution in [1.29, 1.82) is 0 Å². The average Bonchev–Trinajstić information content (AvgIpc) is 3.21. The molecule has 0 aliphatic carbocycles. The lowest BCUT2D eigenvalue weighted by atomic mass is 10.1. The summed E-state index contributed by atoms with van der Waals surface area (Å²) in [5.41, 5.74) is 2.64. The van der Waals surface area contributed by atoms with Crippen LogP contribution in [-0.4, -0.2) is 39.5 Å².